The van der Waals surface area contributed by atoms with Gasteiger partial charge >= 0.3 is 0 Å². The first-order chi connectivity index (χ1) is 14.2. The van der Waals surface area contributed by atoms with Gasteiger partial charge in [-0.15, -0.1) is 11.3 Å². The fourth-order valence-corrected chi connectivity index (χ4v) is 5.05. The molecule has 4 nitrogen and oxygen atoms in total. The molecule has 29 heavy (non-hydrogen) atoms. The van der Waals surface area contributed by atoms with Crippen molar-refractivity contribution >= 4 is 21.6 Å². The van der Waals surface area contributed by atoms with E-state index in [2.05, 4.69) is 4.98 Å². The Bertz CT molecular complexity index is 1240. The highest BCUT2D eigenvalue weighted by molar-refractivity contribution is 7.18. The van der Waals surface area contributed by atoms with Gasteiger partial charge in [-0.3, -0.25) is 4.79 Å². The van der Waals surface area contributed by atoms with Crippen LogP contribution in [0, 0.1) is 5.82 Å². The number of thiophene rings is 1. The molecule has 0 fully saturated rings. The predicted molar refractivity (Wildman–Crippen MR) is 113 cm³/mol. The third-order valence-corrected chi connectivity index (χ3v) is 6.49. The summed E-state index contributed by atoms with van der Waals surface area (Å²) in [6, 6.07) is 13.9. The molecule has 0 atom stereocenters. The Morgan fingerprint density at radius 1 is 1.07 bits per heavy atom. The van der Waals surface area contributed by atoms with Crippen molar-refractivity contribution in [2.45, 2.75) is 32.3 Å². The maximum Gasteiger partial charge on any atom is 0.260 e. The molecule has 146 valence electrons. The highest BCUT2D eigenvalue weighted by atomic mass is 32.1. The van der Waals surface area contributed by atoms with E-state index in [1.165, 1.54) is 22.9 Å². The Morgan fingerprint density at radius 3 is 2.69 bits per heavy atom. The summed E-state index contributed by atoms with van der Waals surface area (Å²) >= 11 is 1.64. The number of ether oxygens (including phenoxy) is 1. The summed E-state index contributed by atoms with van der Waals surface area (Å²) in [5, 5.41) is 0.762. The second kappa shape index (κ2) is 7.44. The van der Waals surface area contributed by atoms with E-state index >= 15 is 0 Å². The summed E-state index contributed by atoms with van der Waals surface area (Å²) in [6.07, 6.45) is 4.32. The Kier molecular flexibility index (Phi) is 4.64. The van der Waals surface area contributed by atoms with Crippen LogP contribution in [0.5, 0.6) is 5.75 Å². The van der Waals surface area contributed by atoms with Crippen molar-refractivity contribution < 1.29 is 9.13 Å². The van der Waals surface area contributed by atoms with Gasteiger partial charge in [0, 0.05) is 16.0 Å². The van der Waals surface area contributed by atoms with Crippen molar-refractivity contribution in [1.29, 1.82) is 0 Å². The lowest BCUT2D eigenvalue weighted by Gasteiger charge is -2.09. The smallest absolute Gasteiger partial charge is 0.260 e. The molecule has 0 unspecified atom stereocenters. The van der Waals surface area contributed by atoms with Crippen LogP contribution in [0.4, 0.5) is 4.39 Å². The van der Waals surface area contributed by atoms with Gasteiger partial charge < -0.3 is 9.72 Å². The van der Waals surface area contributed by atoms with Gasteiger partial charge in [0.25, 0.3) is 5.56 Å². The van der Waals surface area contributed by atoms with Crippen molar-refractivity contribution in [3.8, 4) is 17.1 Å². The van der Waals surface area contributed by atoms with Crippen LogP contribution in [0.1, 0.15) is 28.8 Å². The molecule has 2 aromatic heterocycles. The van der Waals surface area contributed by atoms with E-state index in [1.54, 1.807) is 41.7 Å². The van der Waals surface area contributed by atoms with E-state index in [1.807, 2.05) is 12.1 Å². The van der Waals surface area contributed by atoms with Crippen LogP contribution >= 0.6 is 11.3 Å². The minimum Gasteiger partial charge on any atom is -0.489 e. The van der Waals surface area contributed by atoms with Crippen LogP contribution in [0.25, 0.3) is 21.6 Å². The number of hydrogen-bond acceptors (Lipinski definition) is 4. The highest BCUT2D eigenvalue weighted by Crippen LogP contribution is 2.34. The lowest BCUT2D eigenvalue weighted by Crippen LogP contribution is -2.11. The van der Waals surface area contributed by atoms with Crippen LogP contribution in [0.15, 0.2) is 53.3 Å². The average molecular weight is 406 g/mol. The number of aromatic amines is 1. The molecule has 0 amide bonds. The molecule has 0 spiro atoms. The number of fused-ring (bicyclic) bond motifs is 3. The topological polar surface area (TPSA) is 55.0 Å². The van der Waals surface area contributed by atoms with E-state index < -0.39 is 0 Å². The molecular formula is C23H19FN2O2S. The molecule has 0 bridgehead atoms. The van der Waals surface area contributed by atoms with E-state index in [4.69, 9.17) is 9.72 Å². The van der Waals surface area contributed by atoms with Gasteiger partial charge in [-0.1, -0.05) is 18.2 Å². The predicted octanol–water partition coefficient (Wildman–Crippen LogP) is 5.25. The summed E-state index contributed by atoms with van der Waals surface area (Å²) in [5.74, 6) is 0.909. The quantitative estimate of drug-likeness (QED) is 0.504. The minimum absolute atomic E-state index is 0.0655. The monoisotopic (exact) mass is 406 g/mol. The van der Waals surface area contributed by atoms with Crippen molar-refractivity contribution in [1.82, 2.24) is 9.97 Å². The molecule has 2 heterocycles. The lowest BCUT2D eigenvalue weighted by atomic mass is 9.97. The second-order valence-corrected chi connectivity index (χ2v) is 8.29. The Morgan fingerprint density at radius 2 is 1.86 bits per heavy atom. The van der Waals surface area contributed by atoms with E-state index in [0.29, 0.717) is 17.1 Å². The first-order valence-corrected chi connectivity index (χ1v) is 10.5. The molecule has 2 aromatic carbocycles. The zero-order valence-corrected chi connectivity index (χ0v) is 16.5. The fraction of sp³-hybridized carbons (Fsp3) is 0.217. The standard InChI is InChI=1S/C23H19FN2O2S/c24-18-7-3-1-5-15(18)13-28-16-11-9-14(10-12-16)21-25-22(27)20-17-6-2-4-8-19(17)29-23(20)26-21/h1,3,5,7,9-12H,2,4,6,8,13H2,(H,25,26,27). The average Bonchev–Trinajstić information content (AvgIpc) is 3.12. The number of hydrogen-bond donors (Lipinski definition) is 1. The summed E-state index contributed by atoms with van der Waals surface area (Å²) in [7, 11) is 0. The number of nitrogens with one attached hydrogen (secondary N) is 1. The molecule has 4 aromatic rings. The Hall–Kier alpha value is -2.99. The minimum atomic E-state index is -0.280. The third kappa shape index (κ3) is 3.44. The van der Waals surface area contributed by atoms with Crippen molar-refractivity contribution in [3.05, 3.63) is 80.7 Å². The van der Waals surface area contributed by atoms with E-state index in [0.717, 1.165) is 35.0 Å². The molecule has 1 N–H and O–H groups in total. The number of H-pyrrole nitrogens is 1. The third-order valence-electron chi connectivity index (χ3n) is 5.30. The first-order valence-electron chi connectivity index (χ1n) is 9.70. The van der Waals surface area contributed by atoms with Gasteiger partial charge in [0.05, 0.1) is 5.39 Å². The van der Waals surface area contributed by atoms with Gasteiger partial charge in [0.1, 0.15) is 28.8 Å². The van der Waals surface area contributed by atoms with Crippen LogP contribution in [-0.2, 0) is 19.4 Å². The highest BCUT2D eigenvalue weighted by Gasteiger charge is 2.20. The first kappa shape index (κ1) is 18.1. The van der Waals surface area contributed by atoms with Crippen molar-refractivity contribution in [2.24, 2.45) is 0 Å². The molecule has 1 aliphatic carbocycles. The number of benzene rings is 2. The maximum atomic E-state index is 13.7. The molecule has 0 aliphatic heterocycles. The second-order valence-electron chi connectivity index (χ2n) is 7.21. The molecule has 0 radical (unpaired) electrons. The number of aryl methyl sites for hydroxylation is 2. The van der Waals surface area contributed by atoms with Crippen molar-refractivity contribution in [2.75, 3.05) is 0 Å². The molecule has 0 saturated carbocycles. The normalized spacial score (nSPS) is 13.4. The van der Waals surface area contributed by atoms with Crippen molar-refractivity contribution in [3.63, 3.8) is 0 Å². The van der Waals surface area contributed by atoms with Gasteiger partial charge in [-0.2, -0.15) is 0 Å². The lowest BCUT2D eigenvalue weighted by molar-refractivity contribution is 0.300. The molecule has 1 aliphatic rings. The zero-order chi connectivity index (χ0) is 19.8. The summed E-state index contributed by atoms with van der Waals surface area (Å²) < 4.78 is 19.4. The summed E-state index contributed by atoms with van der Waals surface area (Å²) in [4.78, 5) is 22.5. The van der Waals surface area contributed by atoms with Gasteiger partial charge in [-0.25, -0.2) is 9.37 Å². The van der Waals surface area contributed by atoms with Crippen LogP contribution in [-0.4, -0.2) is 9.97 Å². The summed E-state index contributed by atoms with van der Waals surface area (Å²) in [5.41, 5.74) is 2.45. The van der Waals surface area contributed by atoms with Crippen LogP contribution < -0.4 is 10.3 Å². The van der Waals surface area contributed by atoms with Crippen LogP contribution in [0.2, 0.25) is 0 Å². The van der Waals surface area contributed by atoms with Gasteiger partial charge in [0.15, 0.2) is 0 Å². The SMILES string of the molecule is O=c1[nH]c(-c2ccc(OCc3ccccc3F)cc2)nc2sc3c(c12)CCCC3. The number of aromatic nitrogens is 2. The Balaban J connectivity index is 1.40. The molecule has 0 saturated heterocycles. The Labute approximate surface area is 171 Å². The maximum absolute atomic E-state index is 13.7. The summed E-state index contributed by atoms with van der Waals surface area (Å²) in [6.45, 7) is 0.161. The number of halogens is 1. The number of rotatable bonds is 4. The molecule has 6 heteroatoms. The van der Waals surface area contributed by atoms with Gasteiger partial charge in [0.2, 0.25) is 0 Å². The largest absolute Gasteiger partial charge is 0.489 e. The fourth-order valence-electron chi connectivity index (χ4n) is 3.79. The van der Waals surface area contributed by atoms with E-state index in [-0.39, 0.29) is 18.0 Å². The number of nitrogens with zero attached hydrogens (tertiary/aromatic N) is 1. The zero-order valence-electron chi connectivity index (χ0n) is 15.7. The van der Waals surface area contributed by atoms with Crippen LogP contribution in [0.3, 0.4) is 0 Å². The van der Waals surface area contributed by atoms with Gasteiger partial charge in [-0.05, 0) is 61.6 Å². The molecular weight excluding hydrogens is 387 g/mol. The molecule has 5 rings (SSSR count). The van der Waals surface area contributed by atoms with E-state index in [9.17, 15) is 9.18 Å².